The van der Waals surface area contributed by atoms with Crippen LogP contribution >= 0.6 is 0 Å². The minimum Gasteiger partial charge on any atom is -0.454 e. The number of rotatable bonds is 10. The minimum absolute atomic E-state index is 0.0829. The molecule has 0 aliphatic heterocycles. The second-order valence-corrected chi connectivity index (χ2v) is 8.02. The van der Waals surface area contributed by atoms with Crippen LogP contribution in [0.25, 0.3) is 11.4 Å². The van der Waals surface area contributed by atoms with Gasteiger partial charge in [-0.3, -0.25) is 25.3 Å². The van der Waals surface area contributed by atoms with E-state index in [0.29, 0.717) is 29.9 Å². The van der Waals surface area contributed by atoms with Gasteiger partial charge in [-0.2, -0.15) is 4.98 Å². The monoisotopic (exact) mass is 453 g/mol. The molecule has 0 atom stereocenters. The third-order valence-electron chi connectivity index (χ3n) is 5.34. The zero-order valence-corrected chi connectivity index (χ0v) is 19.6. The quantitative estimate of drug-likeness (QED) is 0.450. The molecule has 9 heteroatoms. The molecule has 9 nitrogen and oxygen atoms in total. The molecule has 0 saturated heterocycles. The molecule has 1 aromatic carbocycles. The number of hydrogen-bond donors (Lipinski definition) is 2. The van der Waals surface area contributed by atoms with Crippen LogP contribution in [0.1, 0.15) is 67.8 Å². The van der Waals surface area contributed by atoms with E-state index in [9.17, 15) is 9.59 Å². The Hall–Kier alpha value is -3.46. The Bertz CT molecular complexity index is 1050. The second kappa shape index (κ2) is 11.4. The third-order valence-corrected chi connectivity index (χ3v) is 5.34. The molecule has 33 heavy (non-hydrogen) atoms. The first-order valence-corrected chi connectivity index (χ1v) is 11.2. The van der Waals surface area contributed by atoms with Gasteiger partial charge in [0.15, 0.2) is 5.76 Å². The van der Waals surface area contributed by atoms with Gasteiger partial charge in [0.25, 0.3) is 0 Å². The van der Waals surface area contributed by atoms with Gasteiger partial charge < -0.3 is 8.94 Å². The van der Waals surface area contributed by atoms with Gasteiger partial charge in [0.05, 0.1) is 6.54 Å². The van der Waals surface area contributed by atoms with Crippen molar-refractivity contribution in [3.05, 3.63) is 59.4 Å². The Kier molecular flexibility index (Phi) is 8.37. The first-order valence-electron chi connectivity index (χ1n) is 11.2. The molecule has 0 bridgehead atoms. The average Bonchev–Trinajstić information content (AvgIpc) is 3.49. The van der Waals surface area contributed by atoms with Gasteiger partial charge in [-0.05, 0) is 36.7 Å². The molecule has 2 N–H and O–H groups in total. The number of hydrogen-bond acceptors (Lipinski definition) is 7. The summed E-state index contributed by atoms with van der Waals surface area (Å²) in [4.78, 5) is 30.8. The van der Waals surface area contributed by atoms with Crippen LogP contribution in [0.4, 0.5) is 0 Å². The zero-order valence-electron chi connectivity index (χ0n) is 19.6. The van der Waals surface area contributed by atoms with Crippen LogP contribution in [-0.4, -0.2) is 39.9 Å². The van der Waals surface area contributed by atoms with Crippen molar-refractivity contribution in [2.45, 2.75) is 53.0 Å². The maximum Gasteiger partial charge on any atom is 0.305 e. The molecular formula is C24H31N5O4. The van der Waals surface area contributed by atoms with Crippen LogP contribution in [0, 0.1) is 0 Å². The Balaban J connectivity index is 1.44. The number of nitrogens with zero attached hydrogens (tertiary/aromatic N) is 3. The van der Waals surface area contributed by atoms with Crippen LogP contribution in [0.5, 0.6) is 0 Å². The Morgan fingerprint density at radius 2 is 1.76 bits per heavy atom. The Morgan fingerprint density at radius 1 is 1.03 bits per heavy atom. The van der Waals surface area contributed by atoms with Crippen LogP contribution in [0.15, 0.2) is 45.3 Å². The number of amides is 2. The molecule has 2 heterocycles. The second-order valence-electron chi connectivity index (χ2n) is 8.02. The van der Waals surface area contributed by atoms with Gasteiger partial charge in [0.1, 0.15) is 5.76 Å². The number of carbonyl (C=O) groups excluding carboxylic acids is 2. The van der Waals surface area contributed by atoms with E-state index in [0.717, 1.165) is 18.7 Å². The molecule has 0 saturated carbocycles. The molecule has 0 fully saturated rings. The molecule has 0 unspecified atom stereocenters. The molecule has 2 aromatic heterocycles. The highest BCUT2D eigenvalue weighted by Gasteiger charge is 2.15. The van der Waals surface area contributed by atoms with E-state index in [1.165, 1.54) is 5.56 Å². The minimum atomic E-state index is -0.515. The van der Waals surface area contributed by atoms with Crippen LogP contribution < -0.4 is 10.9 Å². The number of aromatic nitrogens is 2. The molecule has 0 radical (unpaired) electrons. The summed E-state index contributed by atoms with van der Waals surface area (Å²) in [6.45, 7) is 10.8. The summed E-state index contributed by atoms with van der Waals surface area (Å²) in [5, 5.41) is 3.98. The van der Waals surface area contributed by atoms with E-state index in [1.807, 2.05) is 24.3 Å². The SMILES string of the molecule is CCN(CC)Cc1ccc(C(=O)NNC(=O)CCc2nc(-c3ccc(C(C)C)cc3)no2)o1. The van der Waals surface area contributed by atoms with Gasteiger partial charge in [-0.15, -0.1) is 0 Å². The van der Waals surface area contributed by atoms with Crippen LogP contribution in [0.3, 0.4) is 0 Å². The highest BCUT2D eigenvalue weighted by atomic mass is 16.5. The molecule has 176 valence electrons. The summed E-state index contributed by atoms with van der Waals surface area (Å²) in [5.74, 6) is 1.22. The summed E-state index contributed by atoms with van der Waals surface area (Å²) >= 11 is 0. The molecule has 0 aliphatic rings. The van der Waals surface area contributed by atoms with Crippen LogP contribution in [0.2, 0.25) is 0 Å². The summed E-state index contributed by atoms with van der Waals surface area (Å²) in [7, 11) is 0. The first-order chi connectivity index (χ1) is 15.9. The van der Waals surface area contributed by atoms with E-state index < -0.39 is 5.91 Å². The van der Waals surface area contributed by atoms with Gasteiger partial charge in [0.2, 0.25) is 17.6 Å². The standard InChI is InChI=1S/C24H31N5O4/c1-5-29(6-2)15-19-11-12-20(32-19)24(31)27-26-21(30)13-14-22-25-23(28-33-22)18-9-7-17(8-10-18)16(3)4/h7-12,16H,5-6,13-15H2,1-4H3,(H,26,30)(H,27,31). The van der Waals surface area contributed by atoms with E-state index in [4.69, 9.17) is 8.94 Å². The van der Waals surface area contributed by atoms with E-state index in [-0.39, 0.29) is 24.5 Å². The average molecular weight is 454 g/mol. The zero-order chi connectivity index (χ0) is 23.8. The fourth-order valence-corrected chi connectivity index (χ4v) is 3.21. The lowest BCUT2D eigenvalue weighted by atomic mass is 10.0. The number of benzene rings is 1. The number of aryl methyl sites for hydroxylation is 1. The number of hydrazine groups is 1. The molecule has 3 aromatic rings. The third kappa shape index (κ3) is 6.76. The fraction of sp³-hybridized carbons (Fsp3) is 0.417. The van der Waals surface area contributed by atoms with Crippen molar-refractivity contribution in [3.63, 3.8) is 0 Å². The van der Waals surface area contributed by atoms with Gasteiger partial charge in [0, 0.05) is 18.4 Å². The molecule has 0 spiro atoms. The fourth-order valence-electron chi connectivity index (χ4n) is 3.21. The van der Waals surface area contributed by atoms with Crippen LogP contribution in [-0.2, 0) is 17.8 Å². The van der Waals surface area contributed by atoms with Crippen molar-refractivity contribution in [2.24, 2.45) is 0 Å². The largest absolute Gasteiger partial charge is 0.454 e. The molecule has 0 aliphatic carbocycles. The van der Waals surface area contributed by atoms with E-state index in [1.54, 1.807) is 12.1 Å². The number of nitrogens with one attached hydrogen (secondary N) is 2. The number of furan rings is 1. The van der Waals surface area contributed by atoms with Crippen molar-refractivity contribution in [1.29, 1.82) is 0 Å². The smallest absolute Gasteiger partial charge is 0.305 e. The van der Waals surface area contributed by atoms with Crippen molar-refractivity contribution in [3.8, 4) is 11.4 Å². The lowest BCUT2D eigenvalue weighted by molar-refractivity contribution is -0.121. The lowest BCUT2D eigenvalue weighted by Gasteiger charge is -2.15. The van der Waals surface area contributed by atoms with Gasteiger partial charge in [-0.25, -0.2) is 0 Å². The van der Waals surface area contributed by atoms with Crippen molar-refractivity contribution < 1.29 is 18.5 Å². The Morgan fingerprint density at radius 3 is 2.42 bits per heavy atom. The Labute approximate surface area is 193 Å². The topological polar surface area (TPSA) is 114 Å². The highest BCUT2D eigenvalue weighted by Crippen LogP contribution is 2.20. The summed E-state index contributed by atoms with van der Waals surface area (Å²) in [6.07, 6.45) is 0.340. The van der Waals surface area contributed by atoms with E-state index >= 15 is 0 Å². The summed E-state index contributed by atoms with van der Waals surface area (Å²) in [6, 6.07) is 11.3. The maximum absolute atomic E-state index is 12.2. The summed E-state index contributed by atoms with van der Waals surface area (Å²) < 4.78 is 10.8. The molecule has 3 rings (SSSR count). The number of carbonyl (C=O) groups is 2. The van der Waals surface area contributed by atoms with E-state index in [2.05, 4.69) is 53.6 Å². The predicted molar refractivity (Wildman–Crippen MR) is 123 cm³/mol. The normalized spacial score (nSPS) is 11.2. The van der Waals surface area contributed by atoms with Gasteiger partial charge in [-0.1, -0.05) is 57.1 Å². The first kappa shape index (κ1) is 24.2. The molecular weight excluding hydrogens is 422 g/mol. The maximum atomic E-state index is 12.2. The lowest BCUT2D eigenvalue weighted by Crippen LogP contribution is -2.41. The van der Waals surface area contributed by atoms with Crippen molar-refractivity contribution in [1.82, 2.24) is 25.9 Å². The van der Waals surface area contributed by atoms with Crippen molar-refractivity contribution in [2.75, 3.05) is 13.1 Å². The highest BCUT2D eigenvalue weighted by molar-refractivity contribution is 5.92. The molecule has 2 amide bonds. The predicted octanol–water partition coefficient (Wildman–Crippen LogP) is 3.69. The van der Waals surface area contributed by atoms with Crippen molar-refractivity contribution >= 4 is 11.8 Å². The summed E-state index contributed by atoms with van der Waals surface area (Å²) in [5.41, 5.74) is 6.83. The van der Waals surface area contributed by atoms with Gasteiger partial charge >= 0.3 is 5.91 Å².